The number of aromatic nitrogens is 2. The third-order valence-electron chi connectivity index (χ3n) is 6.22. The summed E-state index contributed by atoms with van der Waals surface area (Å²) in [5, 5.41) is 0. The van der Waals surface area contributed by atoms with E-state index < -0.39 is 0 Å². The van der Waals surface area contributed by atoms with Gasteiger partial charge in [-0.05, 0) is 70.8 Å². The van der Waals surface area contributed by atoms with Gasteiger partial charge in [0, 0.05) is 24.8 Å². The summed E-state index contributed by atoms with van der Waals surface area (Å²) in [6.07, 6.45) is 15.4. The molecule has 0 aliphatic carbocycles. The molecule has 0 saturated heterocycles. The Morgan fingerprint density at radius 3 is 0.932 bits per heavy atom. The van der Waals surface area contributed by atoms with Gasteiger partial charge in [0.05, 0.1) is 52.9 Å². The molecule has 0 fully saturated rings. The van der Waals surface area contributed by atoms with Gasteiger partial charge in [-0.2, -0.15) is 0 Å². The second-order valence-corrected chi connectivity index (χ2v) is 9.51. The van der Waals surface area contributed by atoms with Crippen LogP contribution in [0.5, 0.6) is 11.5 Å². The van der Waals surface area contributed by atoms with Crippen LogP contribution in [-0.2, 0) is 18.9 Å². The molecule has 8 nitrogen and oxygen atoms in total. The molecule has 0 bridgehead atoms. The summed E-state index contributed by atoms with van der Waals surface area (Å²) in [5.41, 5.74) is 4.44. The van der Waals surface area contributed by atoms with Crippen molar-refractivity contribution in [3.8, 4) is 11.5 Å². The zero-order chi connectivity index (χ0) is 30.3. The predicted molar refractivity (Wildman–Crippen MR) is 173 cm³/mol. The van der Waals surface area contributed by atoms with Gasteiger partial charge in [-0.3, -0.25) is 9.97 Å². The largest absolute Gasteiger partial charge is 0.491 e. The molecule has 4 rings (SSSR count). The van der Waals surface area contributed by atoms with E-state index in [-0.39, 0.29) is 0 Å². The number of nitrogens with zero attached hydrogens (tertiary/aromatic N) is 2. The molecule has 8 heteroatoms. The Labute approximate surface area is 259 Å². The van der Waals surface area contributed by atoms with Gasteiger partial charge < -0.3 is 28.4 Å². The van der Waals surface area contributed by atoms with Gasteiger partial charge in [0.1, 0.15) is 24.7 Å². The van der Waals surface area contributed by atoms with Crippen molar-refractivity contribution in [2.75, 3.05) is 66.1 Å². The Hall–Kier alpha value is -4.34. The number of rotatable bonds is 21. The smallest absolute Gasteiger partial charge is 0.119 e. The van der Waals surface area contributed by atoms with Crippen molar-refractivity contribution < 1.29 is 28.4 Å². The normalized spacial score (nSPS) is 11.4. The maximum absolute atomic E-state index is 5.74. The van der Waals surface area contributed by atoms with Crippen LogP contribution in [0, 0.1) is 0 Å². The summed E-state index contributed by atoms with van der Waals surface area (Å²) in [7, 11) is 0. The van der Waals surface area contributed by atoms with Crippen LogP contribution >= 0.6 is 0 Å². The van der Waals surface area contributed by atoms with E-state index in [1.54, 1.807) is 24.8 Å². The molecular formula is C36H40N2O6. The maximum Gasteiger partial charge on any atom is 0.119 e. The Morgan fingerprint density at radius 2 is 0.614 bits per heavy atom. The van der Waals surface area contributed by atoms with Crippen molar-refractivity contribution in [3.05, 3.63) is 120 Å². The highest BCUT2D eigenvalue weighted by Crippen LogP contribution is 2.15. The van der Waals surface area contributed by atoms with E-state index >= 15 is 0 Å². The van der Waals surface area contributed by atoms with E-state index in [1.165, 1.54) is 0 Å². The zero-order valence-corrected chi connectivity index (χ0v) is 25.0. The second kappa shape index (κ2) is 20.5. The average Bonchev–Trinajstić information content (AvgIpc) is 3.08. The number of ether oxygens (including phenoxy) is 6. The van der Waals surface area contributed by atoms with Crippen LogP contribution in [0.25, 0.3) is 24.3 Å². The van der Waals surface area contributed by atoms with E-state index in [2.05, 4.69) is 34.3 Å². The van der Waals surface area contributed by atoms with Gasteiger partial charge in [0.2, 0.25) is 0 Å². The van der Waals surface area contributed by atoms with Crippen LogP contribution in [0.4, 0.5) is 0 Å². The monoisotopic (exact) mass is 596 g/mol. The Bertz CT molecular complexity index is 1240. The molecule has 0 N–H and O–H groups in total. The third-order valence-corrected chi connectivity index (χ3v) is 6.22. The van der Waals surface area contributed by atoms with Gasteiger partial charge in [0.15, 0.2) is 0 Å². The minimum atomic E-state index is 0.484. The van der Waals surface area contributed by atoms with Gasteiger partial charge in [-0.1, -0.05) is 48.6 Å². The van der Waals surface area contributed by atoms with E-state index in [9.17, 15) is 0 Å². The molecule has 0 spiro atoms. The zero-order valence-electron chi connectivity index (χ0n) is 25.0. The lowest BCUT2D eigenvalue weighted by Gasteiger charge is -2.09. The van der Waals surface area contributed by atoms with Crippen molar-refractivity contribution in [1.29, 1.82) is 0 Å². The first-order valence-corrected chi connectivity index (χ1v) is 14.8. The average molecular weight is 597 g/mol. The summed E-state index contributed by atoms with van der Waals surface area (Å²) in [4.78, 5) is 8.05. The first kappa shape index (κ1) is 32.6. The number of hydrogen-bond donors (Lipinski definition) is 0. The molecule has 4 aromatic rings. The van der Waals surface area contributed by atoms with Crippen LogP contribution in [0.1, 0.15) is 22.3 Å². The molecule has 0 radical (unpaired) electrons. The lowest BCUT2D eigenvalue weighted by Crippen LogP contribution is -2.14. The molecule has 230 valence electrons. The van der Waals surface area contributed by atoms with E-state index in [1.807, 2.05) is 72.8 Å². The van der Waals surface area contributed by atoms with E-state index in [0.717, 1.165) is 33.8 Å². The predicted octanol–water partition coefficient (Wildman–Crippen LogP) is 6.34. The Morgan fingerprint density at radius 1 is 0.341 bits per heavy atom. The van der Waals surface area contributed by atoms with Crippen LogP contribution in [0.2, 0.25) is 0 Å². The lowest BCUT2D eigenvalue weighted by atomic mass is 10.1. The number of pyridine rings is 2. The van der Waals surface area contributed by atoms with Crippen LogP contribution in [0.3, 0.4) is 0 Å². The quantitative estimate of drug-likeness (QED) is 0.103. The molecule has 2 heterocycles. The summed E-state index contributed by atoms with van der Waals surface area (Å²) >= 11 is 0. The van der Waals surface area contributed by atoms with Crippen molar-refractivity contribution in [2.45, 2.75) is 0 Å². The summed E-state index contributed by atoms with van der Waals surface area (Å²) in [5.74, 6) is 1.63. The number of benzene rings is 2. The minimum Gasteiger partial charge on any atom is -0.491 e. The summed E-state index contributed by atoms with van der Waals surface area (Å²) < 4.78 is 33.7. The first-order chi connectivity index (χ1) is 21.8. The van der Waals surface area contributed by atoms with E-state index in [0.29, 0.717) is 66.1 Å². The highest BCUT2D eigenvalue weighted by atomic mass is 16.6. The van der Waals surface area contributed by atoms with Gasteiger partial charge >= 0.3 is 0 Å². The van der Waals surface area contributed by atoms with Gasteiger partial charge in [-0.25, -0.2) is 0 Å². The summed E-state index contributed by atoms with van der Waals surface area (Å²) in [6, 6.07) is 23.8. The van der Waals surface area contributed by atoms with Gasteiger partial charge in [0.25, 0.3) is 0 Å². The lowest BCUT2D eigenvalue weighted by molar-refractivity contribution is -0.00699. The minimum absolute atomic E-state index is 0.484. The third kappa shape index (κ3) is 13.8. The highest BCUT2D eigenvalue weighted by molar-refractivity contribution is 5.70. The molecule has 0 aliphatic heterocycles. The molecule has 0 amide bonds. The standard InChI is InChI=1S/C36H40N2O6/c1(3-33-13-17-37-18-14-33)31-5-9-35(10-6-31)43-29-27-41-25-23-39-21-22-40-24-26-42-28-30-44-36-11-7-32(8-12-36)2-4-34-15-19-38-20-16-34/h1-20H,21-30H2/b3-1+,4-2+. The molecule has 2 aromatic heterocycles. The topological polar surface area (TPSA) is 81.2 Å². The number of hydrogen-bond acceptors (Lipinski definition) is 8. The van der Waals surface area contributed by atoms with Crippen LogP contribution in [0.15, 0.2) is 97.6 Å². The van der Waals surface area contributed by atoms with E-state index in [4.69, 9.17) is 28.4 Å². The molecule has 0 saturated carbocycles. The Kier molecular flexibility index (Phi) is 15.2. The van der Waals surface area contributed by atoms with Crippen LogP contribution < -0.4 is 9.47 Å². The SMILES string of the molecule is C(=C\c1ccc(OCCOCCOCCOCCOCCOc2ccc(/C=C/c3ccncc3)cc2)cc1)/c1ccncc1. The Balaban J connectivity index is 0.901. The maximum atomic E-state index is 5.74. The first-order valence-electron chi connectivity index (χ1n) is 14.8. The molecule has 0 aliphatic rings. The molecule has 44 heavy (non-hydrogen) atoms. The molecule has 0 atom stereocenters. The summed E-state index contributed by atoms with van der Waals surface area (Å²) in [6.45, 7) is 5.04. The second-order valence-electron chi connectivity index (χ2n) is 9.51. The highest BCUT2D eigenvalue weighted by Gasteiger charge is 1.98. The van der Waals surface area contributed by atoms with Crippen molar-refractivity contribution in [1.82, 2.24) is 9.97 Å². The van der Waals surface area contributed by atoms with Crippen LogP contribution in [-0.4, -0.2) is 76.0 Å². The fraction of sp³-hybridized carbons (Fsp3) is 0.278. The van der Waals surface area contributed by atoms with Crippen molar-refractivity contribution in [2.24, 2.45) is 0 Å². The molecule has 0 unspecified atom stereocenters. The van der Waals surface area contributed by atoms with Crippen molar-refractivity contribution >= 4 is 24.3 Å². The van der Waals surface area contributed by atoms with Crippen molar-refractivity contribution in [3.63, 3.8) is 0 Å². The van der Waals surface area contributed by atoms with Gasteiger partial charge in [-0.15, -0.1) is 0 Å². The molecular weight excluding hydrogens is 556 g/mol. The fourth-order valence-corrected chi connectivity index (χ4v) is 3.88. The molecule has 2 aromatic carbocycles. The fourth-order valence-electron chi connectivity index (χ4n) is 3.88.